The Morgan fingerprint density at radius 3 is 2.65 bits per heavy atom. The van der Waals surface area contributed by atoms with Gasteiger partial charge in [0.1, 0.15) is 0 Å². The lowest BCUT2D eigenvalue weighted by molar-refractivity contribution is -0.131. The monoisotopic (exact) mass is 278 g/mol. The fourth-order valence-electron chi connectivity index (χ4n) is 1.81. The first-order valence-corrected chi connectivity index (χ1v) is 7.21. The number of carbonyl (C=O) groups excluding carboxylic acids is 1. The van der Waals surface area contributed by atoms with Crippen molar-refractivity contribution >= 4 is 5.91 Å². The van der Waals surface area contributed by atoms with Crippen LogP contribution in [-0.2, 0) is 16.1 Å². The van der Waals surface area contributed by atoms with Gasteiger partial charge in [0.05, 0.1) is 13.2 Å². The summed E-state index contributed by atoms with van der Waals surface area (Å²) in [5, 5.41) is 3.24. The van der Waals surface area contributed by atoms with E-state index in [1.807, 2.05) is 35.2 Å². The number of rotatable bonds is 9. The summed E-state index contributed by atoms with van der Waals surface area (Å²) in [4.78, 5) is 14.1. The van der Waals surface area contributed by atoms with Gasteiger partial charge < -0.3 is 15.0 Å². The number of hydrogen-bond acceptors (Lipinski definition) is 3. The van der Waals surface area contributed by atoms with Crippen LogP contribution in [0.15, 0.2) is 30.3 Å². The molecule has 0 radical (unpaired) electrons. The molecule has 0 saturated carbocycles. The minimum absolute atomic E-state index is 0.117. The predicted molar refractivity (Wildman–Crippen MR) is 81.5 cm³/mol. The first-order valence-electron chi connectivity index (χ1n) is 7.21. The molecule has 112 valence electrons. The van der Waals surface area contributed by atoms with Crippen molar-refractivity contribution in [3.05, 3.63) is 35.9 Å². The van der Waals surface area contributed by atoms with Crippen molar-refractivity contribution in [3.8, 4) is 0 Å². The van der Waals surface area contributed by atoms with Crippen molar-refractivity contribution in [2.75, 3.05) is 26.8 Å². The summed E-state index contributed by atoms with van der Waals surface area (Å²) in [5.74, 6) is 0.117. The summed E-state index contributed by atoms with van der Waals surface area (Å²) >= 11 is 0. The molecule has 1 rings (SSSR count). The highest BCUT2D eigenvalue weighted by atomic mass is 16.5. The minimum Gasteiger partial charge on any atom is -0.383 e. The molecule has 1 N–H and O–H groups in total. The Morgan fingerprint density at radius 2 is 2.05 bits per heavy atom. The Balaban J connectivity index is 2.56. The highest BCUT2D eigenvalue weighted by Gasteiger charge is 2.14. The van der Waals surface area contributed by atoms with E-state index in [0.717, 1.165) is 12.0 Å². The lowest BCUT2D eigenvalue weighted by Crippen LogP contribution is -2.41. The van der Waals surface area contributed by atoms with E-state index in [9.17, 15) is 4.79 Å². The first-order chi connectivity index (χ1) is 9.67. The third-order valence-electron chi connectivity index (χ3n) is 3.35. The normalized spacial score (nSPS) is 12.2. The van der Waals surface area contributed by atoms with Gasteiger partial charge in [-0.2, -0.15) is 0 Å². The molecule has 0 aliphatic heterocycles. The zero-order valence-corrected chi connectivity index (χ0v) is 12.8. The van der Waals surface area contributed by atoms with Crippen LogP contribution in [0.3, 0.4) is 0 Å². The molecule has 1 amide bonds. The standard InChI is InChI=1S/C16H26N2O2/c1-4-14(2)17-12-16(19)18(10-11-20-3)13-15-8-6-5-7-9-15/h5-9,14,17H,4,10-13H2,1-3H3. The number of nitrogens with one attached hydrogen (secondary N) is 1. The fraction of sp³-hybridized carbons (Fsp3) is 0.562. The average Bonchev–Trinajstić information content (AvgIpc) is 2.49. The molecular formula is C16H26N2O2. The van der Waals surface area contributed by atoms with E-state index < -0.39 is 0 Å². The first kappa shape index (κ1) is 16.7. The summed E-state index contributed by atoms with van der Waals surface area (Å²) < 4.78 is 5.09. The molecule has 0 heterocycles. The summed E-state index contributed by atoms with van der Waals surface area (Å²) in [6.45, 7) is 6.38. The van der Waals surface area contributed by atoms with Crippen LogP contribution < -0.4 is 5.32 Å². The highest BCUT2D eigenvalue weighted by molar-refractivity contribution is 5.78. The number of nitrogens with zero attached hydrogens (tertiary/aromatic N) is 1. The maximum absolute atomic E-state index is 12.3. The Bertz CT molecular complexity index is 381. The third-order valence-corrected chi connectivity index (χ3v) is 3.35. The molecule has 1 aromatic rings. The molecule has 0 fully saturated rings. The van der Waals surface area contributed by atoms with Crippen LogP contribution in [0.25, 0.3) is 0 Å². The maximum Gasteiger partial charge on any atom is 0.236 e. The summed E-state index contributed by atoms with van der Waals surface area (Å²) in [6, 6.07) is 10.4. The largest absolute Gasteiger partial charge is 0.383 e. The van der Waals surface area contributed by atoms with Gasteiger partial charge in [-0.05, 0) is 18.9 Å². The van der Waals surface area contributed by atoms with Crippen molar-refractivity contribution < 1.29 is 9.53 Å². The van der Waals surface area contributed by atoms with Crippen LogP contribution in [0, 0.1) is 0 Å². The Morgan fingerprint density at radius 1 is 1.35 bits per heavy atom. The molecule has 0 aliphatic carbocycles. The number of benzene rings is 1. The van der Waals surface area contributed by atoms with Gasteiger partial charge in [-0.1, -0.05) is 37.3 Å². The van der Waals surface area contributed by atoms with Crippen molar-refractivity contribution in [2.45, 2.75) is 32.9 Å². The quantitative estimate of drug-likeness (QED) is 0.751. The second kappa shape index (κ2) is 9.50. The van der Waals surface area contributed by atoms with Gasteiger partial charge in [0.2, 0.25) is 5.91 Å². The number of hydrogen-bond donors (Lipinski definition) is 1. The SMILES string of the molecule is CCC(C)NCC(=O)N(CCOC)Cc1ccccc1. The van der Waals surface area contributed by atoms with E-state index in [2.05, 4.69) is 19.2 Å². The van der Waals surface area contributed by atoms with Crippen LogP contribution in [0.2, 0.25) is 0 Å². The van der Waals surface area contributed by atoms with E-state index in [-0.39, 0.29) is 5.91 Å². The van der Waals surface area contributed by atoms with Gasteiger partial charge in [0.15, 0.2) is 0 Å². The average molecular weight is 278 g/mol. The van der Waals surface area contributed by atoms with Crippen LogP contribution in [0.5, 0.6) is 0 Å². The third kappa shape index (κ3) is 6.17. The van der Waals surface area contributed by atoms with Gasteiger partial charge >= 0.3 is 0 Å². The molecule has 0 aromatic heterocycles. The Labute approximate surface area is 122 Å². The topological polar surface area (TPSA) is 41.6 Å². The van der Waals surface area contributed by atoms with Crippen LogP contribution in [0.1, 0.15) is 25.8 Å². The fourth-order valence-corrected chi connectivity index (χ4v) is 1.81. The number of ether oxygens (including phenoxy) is 1. The molecule has 0 bridgehead atoms. The van der Waals surface area contributed by atoms with E-state index in [4.69, 9.17) is 4.74 Å². The lowest BCUT2D eigenvalue weighted by Gasteiger charge is -2.23. The summed E-state index contributed by atoms with van der Waals surface area (Å²) in [7, 11) is 1.66. The van der Waals surface area contributed by atoms with Crippen LogP contribution in [0.4, 0.5) is 0 Å². The highest BCUT2D eigenvalue weighted by Crippen LogP contribution is 2.04. The zero-order chi connectivity index (χ0) is 14.8. The van der Waals surface area contributed by atoms with Crippen LogP contribution in [-0.4, -0.2) is 43.7 Å². The number of amides is 1. The summed E-state index contributed by atoms with van der Waals surface area (Å²) in [6.07, 6.45) is 1.02. The molecule has 0 aliphatic rings. The molecule has 4 heteroatoms. The summed E-state index contributed by atoms with van der Waals surface area (Å²) in [5.41, 5.74) is 1.14. The van der Waals surface area contributed by atoms with E-state index in [1.54, 1.807) is 7.11 Å². The number of carbonyl (C=O) groups is 1. The number of methoxy groups -OCH3 is 1. The molecule has 0 spiro atoms. The molecule has 1 aromatic carbocycles. The Hall–Kier alpha value is -1.39. The van der Waals surface area contributed by atoms with Crippen LogP contribution >= 0.6 is 0 Å². The Kier molecular flexibility index (Phi) is 7.92. The van der Waals surface area contributed by atoms with E-state index in [0.29, 0.717) is 32.3 Å². The van der Waals surface area contributed by atoms with E-state index >= 15 is 0 Å². The second-order valence-electron chi connectivity index (χ2n) is 4.98. The van der Waals surface area contributed by atoms with Crippen molar-refractivity contribution in [1.29, 1.82) is 0 Å². The smallest absolute Gasteiger partial charge is 0.236 e. The van der Waals surface area contributed by atoms with Gasteiger partial charge in [-0.25, -0.2) is 0 Å². The minimum atomic E-state index is 0.117. The zero-order valence-electron chi connectivity index (χ0n) is 12.8. The van der Waals surface area contributed by atoms with Gasteiger partial charge in [0, 0.05) is 26.2 Å². The molecule has 1 unspecified atom stereocenters. The molecule has 1 atom stereocenters. The molecule has 4 nitrogen and oxygen atoms in total. The van der Waals surface area contributed by atoms with Crippen molar-refractivity contribution in [1.82, 2.24) is 10.2 Å². The second-order valence-corrected chi connectivity index (χ2v) is 4.98. The molecule has 20 heavy (non-hydrogen) atoms. The van der Waals surface area contributed by atoms with Crippen molar-refractivity contribution in [3.63, 3.8) is 0 Å². The lowest BCUT2D eigenvalue weighted by atomic mass is 10.2. The maximum atomic E-state index is 12.3. The van der Waals surface area contributed by atoms with E-state index in [1.165, 1.54) is 0 Å². The molecular weight excluding hydrogens is 252 g/mol. The van der Waals surface area contributed by atoms with Crippen molar-refractivity contribution in [2.24, 2.45) is 0 Å². The predicted octanol–water partition coefficient (Wildman–Crippen LogP) is 2.05. The molecule has 0 saturated heterocycles. The van der Waals surface area contributed by atoms with Gasteiger partial charge in [0.25, 0.3) is 0 Å². The van der Waals surface area contributed by atoms with Gasteiger partial charge in [-0.15, -0.1) is 0 Å². The van der Waals surface area contributed by atoms with Gasteiger partial charge in [-0.3, -0.25) is 4.79 Å².